The second-order valence-corrected chi connectivity index (χ2v) is 5.05. The zero-order chi connectivity index (χ0) is 13.4. The standard InChI is InChI=1S/C13H21N3O2/c1-8-9(2)14-10(3)16-7-12(13(17)18-5)15(4)6-11(8)16/h9,12H,6-7H2,1-5H3/t9-,12?/m0/s1. The van der Waals surface area contributed by atoms with Crippen molar-refractivity contribution in [2.45, 2.75) is 32.9 Å². The summed E-state index contributed by atoms with van der Waals surface area (Å²) in [6.45, 7) is 7.62. The quantitative estimate of drug-likeness (QED) is 0.649. The molecule has 0 aromatic heterocycles. The van der Waals surface area contributed by atoms with Crippen LogP contribution >= 0.6 is 0 Å². The monoisotopic (exact) mass is 251 g/mol. The van der Waals surface area contributed by atoms with Crippen LogP contribution in [0.5, 0.6) is 0 Å². The van der Waals surface area contributed by atoms with Gasteiger partial charge in [-0.05, 0) is 33.4 Å². The van der Waals surface area contributed by atoms with Crippen molar-refractivity contribution >= 4 is 11.8 Å². The molecular formula is C13H21N3O2. The summed E-state index contributed by atoms with van der Waals surface area (Å²) >= 11 is 0. The number of nitrogens with zero attached hydrogens (tertiary/aromatic N) is 3. The Labute approximate surface area is 108 Å². The summed E-state index contributed by atoms with van der Waals surface area (Å²) in [6.07, 6.45) is 0. The van der Waals surface area contributed by atoms with Crippen molar-refractivity contribution in [3.05, 3.63) is 11.3 Å². The summed E-state index contributed by atoms with van der Waals surface area (Å²) in [5.41, 5.74) is 2.56. The van der Waals surface area contributed by atoms with Crippen LogP contribution in [0.2, 0.25) is 0 Å². The molecule has 0 amide bonds. The van der Waals surface area contributed by atoms with Crippen molar-refractivity contribution in [1.82, 2.24) is 9.80 Å². The Kier molecular flexibility index (Phi) is 3.43. The SMILES string of the molecule is COC(=O)C1CN2C(C)=N[C@@H](C)C(C)=C2CN1C. The Morgan fingerprint density at radius 3 is 2.72 bits per heavy atom. The van der Waals surface area contributed by atoms with E-state index in [-0.39, 0.29) is 18.1 Å². The minimum absolute atomic E-state index is 0.180. The number of hydrogen-bond donors (Lipinski definition) is 0. The van der Waals surface area contributed by atoms with Crippen LogP contribution in [0.15, 0.2) is 16.3 Å². The number of carbonyl (C=O) groups excluding carboxylic acids is 1. The molecule has 100 valence electrons. The van der Waals surface area contributed by atoms with E-state index in [1.165, 1.54) is 18.4 Å². The molecule has 2 atom stereocenters. The third-order valence-electron chi connectivity index (χ3n) is 3.94. The number of carbonyl (C=O) groups is 1. The molecule has 1 saturated heterocycles. The molecule has 5 heteroatoms. The molecule has 0 aromatic rings. The molecule has 0 aliphatic carbocycles. The van der Waals surface area contributed by atoms with Crippen LogP contribution in [0.25, 0.3) is 0 Å². The number of esters is 1. The van der Waals surface area contributed by atoms with Crippen LogP contribution in [0.1, 0.15) is 20.8 Å². The van der Waals surface area contributed by atoms with Gasteiger partial charge in [0.2, 0.25) is 0 Å². The van der Waals surface area contributed by atoms with E-state index in [1.54, 1.807) is 0 Å². The lowest BCUT2D eigenvalue weighted by Gasteiger charge is -2.44. The van der Waals surface area contributed by atoms with Crippen LogP contribution in [0.4, 0.5) is 0 Å². The molecule has 0 bridgehead atoms. The van der Waals surface area contributed by atoms with Gasteiger partial charge >= 0.3 is 5.97 Å². The molecule has 5 nitrogen and oxygen atoms in total. The van der Waals surface area contributed by atoms with E-state index < -0.39 is 0 Å². The fourth-order valence-electron chi connectivity index (χ4n) is 2.60. The van der Waals surface area contributed by atoms with E-state index in [0.29, 0.717) is 6.54 Å². The van der Waals surface area contributed by atoms with Gasteiger partial charge in [-0.3, -0.25) is 14.7 Å². The van der Waals surface area contributed by atoms with Crippen molar-refractivity contribution in [1.29, 1.82) is 0 Å². The molecule has 1 unspecified atom stereocenters. The molecule has 18 heavy (non-hydrogen) atoms. The lowest BCUT2D eigenvalue weighted by molar-refractivity contribution is -0.147. The Hall–Kier alpha value is -1.36. The molecule has 0 radical (unpaired) electrons. The van der Waals surface area contributed by atoms with E-state index in [4.69, 9.17) is 4.74 Å². The van der Waals surface area contributed by atoms with Gasteiger partial charge in [0, 0.05) is 12.2 Å². The predicted octanol–water partition coefficient (Wildman–Crippen LogP) is 0.870. The van der Waals surface area contributed by atoms with Gasteiger partial charge in [-0.2, -0.15) is 0 Å². The third-order valence-corrected chi connectivity index (χ3v) is 3.94. The Balaban J connectivity index is 2.29. The zero-order valence-corrected chi connectivity index (χ0v) is 11.7. The Morgan fingerprint density at radius 2 is 2.11 bits per heavy atom. The Morgan fingerprint density at radius 1 is 1.44 bits per heavy atom. The van der Waals surface area contributed by atoms with Gasteiger partial charge in [-0.25, -0.2) is 0 Å². The summed E-state index contributed by atoms with van der Waals surface area (Å²) in [6, 6.07) is 0.0180. The number of methoxy groups -OCH3 is 1. The highest BCUT2D eigenvalue weighted by atomic mass is 16.5. The maximum absolute atomic E-state index is 11.8. The van der Waals surface area contributed by atoms with E-state index in [0.717, 1.165) is 12.4 Å². The van der Waals surface area contributed by atoms with Crippen molar-refractivity contribution in [2.24, 2.45) is 4.99 Å². The minimum Gasteiger partial charge on any atom is -0.468 e. The van der Waals surface area contributed by atoms with Crippen LogP contribution in [-0.4, -0.2) is 60.9 Å². The summed E-state index contributed by atoms with van der Waals surface area (Å²) < 4.78 is 4.86. The van der Waals surface area contributed by atoms with E-state index in [2.05, 4.69) is 23.7 Å². The second-order valence-electron chi connectivity index (χ2n) is 5.05. The molecule has 1 fully saturated rings. The summed E-state index contributed by atoms with van der Waals surface area (Å²) in [7, 11) is 3.40. The maximum Gasteiger partial charge on any atom is 0.324 e. The number of fused-ring (bicyclic) bond motifs is 1. The van der Waals surface area contributed by atoms with Crippen LogP contribution in [0.3, 0.4) is 0 Å². The fraction of sp³-hybridized carbons (Fsp3) is 0.692. The van der Waals surface area contributed by atoms with Gasteiger partial charge in [0.05, 0.1) is 19.7 Å². The number of aliphatic imine (C=N–C) groups is 1. The smallest absolute Gasteiger partial charge is 0.324 e. The topological polar surface area (TPSA) is 45.1 Å². The average Bonchev–Trinajstić information content (AvgIpc) is 2.34. The number of amidine groups is 1. The van der Waals surface area contributed by atoms with Gasteiger partial charge < -0.3 is 9.64 Å². The van der Waals surface area contributed by atoms with Gasteiger partial charge in [-0.15, -0.1) is 0 Å². The van der Waals surface area contributed by atoms with Crippen molar-refractivity contribution in [3.63, 3.8) is 0 Å². The predicted molar refractivity (Wildman–Crippen MR) is 70.4 cm³/mol. The molecule has 0 aromatic carbocycles. The van der Waals surface area contributed by atoms with Crippen molar-refractivity contribution in [3.8, 4) is 0 Å². The lowest BCUT2D eigenvalue weighted by atomic mass is 10.0. The van der Waals surface area contributed by atoms with E-state index in [9.17, 15) is 4.79 Å². The summed E-state index contributed by atoms with van der Waals surface area (Å²) in [5, 5.41) is 0. The van der Waals surface area contributed by atoms with Crippen LogP contribution in [0, 0.1) is 0 Å². The third kappa shape index (κ3) is 2.03. The summed E-state index contributed by atoms with van der Waals surface area (Å²) in [5.74, 6) is 0.811. The van der Waals surface area contributed by atoms with Gasteiger partial charge in [0.25, 0.3) is 0 Å². The molecule has 2 aliphatic rings. The van der Waals surface area contributed by atoms with Gasteiger partial charge in [0.1, 0.15) is 11.9 Å². The first-order valence-corrected chi connectivity index (χ1v) is 6.25. The average molecular weight is 251 g/mol. The molecule has 0 N–H and O–H groups in total. The van der Waals surface area contributed by atoms with Crippen molar-refractivity contribution in [2.75, 3.05) is 27.2 Å². The first-order chi connectivity index (χ1) is 8.45. The van der Waals surface area contributed by atoms with E-state index >= 15 is 0 Å². The molecule has 2 rings (SSSR count). The first kappa shape index (κ1) is 13.1. The lowest BCUT2D eigenvalue weighted by Crippen LogP contribution is -2.56. The highest BCUT2D eigenvalue weighted by Gasteiger charge is 2.36. The van der Waals surface area contributed by atoms with Crippen LogP contribution in [-0.2, 0) is 9.53 Å². The number of piperazine rings is 1. The number of ether oxygens (including phenoxy) is 1. The number of likely N-dealkylation sites (N-methyl/N-ethyl adjacent to an activating group) is 1. The van der Waals surface area contributed by atoms with Crippen molar-refractivity contribution < 1.29 is 9.53 Å². The summed E-state index contributed by atoms with van der Waals surface area (Å²) in [4.78, 5) is 20.6. The zero-order valence-electron chi connectivity index (χ0n) is 11.7. The minimum atomic E-state index is -0.217. The van der Waals surface area contributed by atoms with E-state index in [1.807, 2.05) is 18.9 Å². The van der Waals surface area contributed by atoms with Gasteiger partial charge in [-0.1, -0.05) is 0 Å². The van der Waals surface area contributed by atoms with Gasteiger partial charge in [0.15, 0.2) is 0 Å². The number of hydrogen-bond acceptors (Lipinski definition) is 5. The van der Waals surface area contributed by atoms with Crippen LogP contribution < -0.4 is 0 Å². The second kappa shape index (κ2) is 4.72. The largest absolute Gasteiger partial charge is 0.468 e. The normalized spacial score (nSPS) is 28.9. The highest BCUT2D eigenvalue weighted by molar-refractivity contribution is 5.85. The maximum atomic E-state index is 11.8. The molecule has 0 saturated carbocycles. The fourth-order valence-corrected chi connectivity index (χ4v) is 2.60. The first-order valence-electron chi connectivity index (χ1n) is 6.25. The molecule has 0 spiro atoms. The molecular weight excluding hydrogens is 230 g/mol. The number of rotatable bonds is 1. The molecule has 2 heterocycles. The molecule has 2 aliphatic heterocycles. The highest BCUT2D eigenvalue weighted by Crippen LogP contribution is 2.27. The Bertz CT molecular complexity index is 428.